The van der Waals surface area contributed by atoms with Crippen LogP contribution in [-0.2, 0) is 0 Å². The van der Waals surface area contributed by atoms with E-state index in [1.165, 1.54) is 19.3 Å². The van der Waals surface area contributed by atoms with Crippen LogP contribution in [-0.4, -0.2) is 28.0 Å². The van der Waals surface area contributed by atoms with Crippen LogP contribution in [0.3, 0.4) is 0 Å². The first kappa shape index (κ1) is 26.2. The summed E-state index contributed by atoms with van der Waals surface area (Å²) in [5.74, 6) is 1.16. The maximum absolute atomic E-state index is 12.9. The maximum Gasteiger partial charge on any atom is 0.259 e. The number of hydrogen-bond acceptors (Lipinski definition) is 4. The number of fused-ring (bicyclic) bond motifs is 1. The van der Waals surface area contributed by atoms with Crippen LogP contribution in [0.15, 0.2) is 66.4 Å². The predicted molar refractivity (Wildman–Crippen MR) is 144 cm³/mol. The van der Waals surface area contributed by atoms with Crippen molar-refractivity contribution in [3.8, 4) is 0 Å². The predicted octanol–water partition coefficient (Wildman–Crippen LogP) is 5.09. The first-order valence-corrected chi connectivity index (χ1v) is 12.9. The molecule has 1 aromatic heterocycles. The molecule has 4 rings (SSSR count). The number of hydrogen-bond donors (Lipinski definition) is 5. The van der Waals surface area contributed by atoms with Crippen molar-refractivity contribution < 1.29 is 19.8 Å². The van der Waals surface area contributed by atoms with Crippen LogP contribution < -0.4 is 21.1 Å². The number of carbonyl (C=O) groups excluding carboxylic acids is 2. The SMILES string of the molecule is C/C=C(\C=C/C(C)c1[nH]c2cc(C(=O)NC3CCCCC3C)ccc2[nH+]1)NC(=O)c1ccc(NO)cc1. The molecule has 8 heteroatoms. The molecule has 3 atom stereocenters. The molecule has 194 valence electrons. The van der Waals surface area contributed by atoms with Gasteiger partial charge in [-0.2, -0.15) is 0 Å². The van der Waals surface area contributed by atoms with E-state index in [2.05, 4.69) is 27.5 Å². The maximum atomic E-state index is 12.9. The lowest BCUT2D eigenvalue weighted by atomic mass is 9.86. The van der Waals surface area contributed by atoms with E-state index in [-0.39, 0.29) is 23.8 Å². The van der Waals surface area contributed by atoms with Gasteiger partial charge in [0, 0.05) is 28.9 Å². The van der Waals surface area contributed by atoms with Gasteiger partial charge in [0.2, 0.25) is 0 Å². The number of aromatic nitrogens is 2. The summed E-state index contributed by atoms with van der Waals surface area (Å²) in [4.78, 5) is 32.2. The Morgan fingerprint density at radius 3 is 2.51 bits per heavy atom. The number of amides is 2. The zero-order chi connectivity index (χ0) is 26.4. The smallest absolute Gasteiger partial charge is 0.259 e. The van der Waals surface area contributed by atoms with E-state index >= 15 is 0 Å². The molecule has 1 saturated carbocycles. The van der Waals surface area contributed by atoms with Crippen LogP contribution in [0.5, 0.6) is 0 Å². The Morgan fingerprint density at radius 2 is 1.81 bits per heavy atom. The summed E-state index contributed by atoms with van der Waals surface area (Å²) in [6, 6.07) is 12.4. The third kappa shape index (κ3) is 6.46. The molecular formula is C29H36N5O3+. The van der Waals surface area contributed by atoms with Crippen LogP contribution in [0.1, 0.15) is 78.9 Å². The number of nitrogens with one attached hydrogen (secondary N) is 5. The molecule has 1 aliphatic carbocycles. The molecule has 0 saturated heterocycles. The summed E-state index contributed by atoms with van der Waals surface area (Å²) >= 11 is 0. The zero-order valence-corrected chi connectivity index (χ0v) is 21.6. The third-order valence-electron chi connectivity index (χ3n) is 7.11. The summed E-state index contributed by atoms with van der Waals surface area (Å²) in [5.41, 5.74) is 6.18. The summed E-state index contributed by atoms with van der Waals surface area (Å²) in [7, 11) is 0. The fraction of sp³-hybridized carbons (Fsp3) is 0.345. The molecule has 6 N–H and O–H groups in total. The lowest BCUT2D eigenvalue weighted by Crippen LogP contribution is -2.41. The number of carbonyl (C=O) groups is 2. The molecule has 3 unspecified atom stereocenters. The topological polar surface area (TPSA) is 120 Å². The minimum Gasteiger partial charge on any atom is -0.349 e. The largest absolute Gasteiger partial charge is 0.349 e. The molecule has 0 spiro atoms. The quantitative estimate of drug-likeness (QED) is 0.218. The Hall–Kier alpha value is -3.91. The Labute approximate surface area is 217 Å². The molecule has 1 fully saturated rings. The number of allylic oxidation sites excluding steroid dienone is 3. The van der Waals surface area contributed by atoms with Crippen LogP contribution in [0.25, 0.3) is 11.0 Å². The molecule has 0 radical (unpaired) electrons. The van der Waals surface area contributed by atoms with Gasteiger partial charge in [-0.15, -0.1) is 0 Å². The zero-order valence-electron chi connectivity index (χ0n) is 21.6. The van der Waals surface area contributed by atoms with Gasteiger partial charge in [0.15, 0.2) is 11.0 Å². The molecular weight excluding hydrogens is 466 g/mol. The monoisotopic (exact) mass is 502 g/mol. The molecule has 37 heavy (non-hydrogen) atoms. The van der Waals surface area contributed by atoms with Crippen molar-refractivity contribution in [1.29, 1.82) is 0 Å². The summed E-state index contributed by atoms with van der Waals surface area (Å²) in [6.45, 7) is 6.12. The van der Waals surface area contributed by atoms with Crippen molar-refractivity contribution in [3.63, 3.8) is 0 Å². The van der Waals surface area contributed by atoms with Gasteiger partial charge in [-0.1, -0.05) is 31.9 Å². The highest BCUT2D eigenvalue weighted by atomic mass is 16.5. The van der Waals surface area contributed by atoms with Crippen molar-refractivity contribution in [2.45, 2.75) is 58.4 Å². The highest BCUT2D eigenvalue weighted by Gasteiger charge is 2.24. The van der Waals surface area contributed by atoms with E-state index < -0.39 is 0 Å². The van der Waals surface area contributed by atoms with Crippen molar-refractivity contribution in [2.75, 3.05) is 5.48 Å². The van der Waals surface area contributed by atoms with Crippen molar-refractivity contribution in [1.82, 2.24) is 15.6 Å². The second-order valence-corrected chi connectivity index (χ2v) is 9.80. The summed E-state index contributed by atoms with van der Waals surface area (Å²) < 4.78 is 0. The van der Waals surface area contributed by atoms with Crippen molar-refractivity contribution in [2.24, 2.45) is 5.92 Å². The van der Waals surface area contributed by atoms with Gasteiger partial charge in [-0.25, -0.2) is 9.97 Å². The Kier molecular flexibility index (Phi) is 8.40. The van der Waals surface area contributed by atoms with E-state index in [1.807, 2.05) is 55.8 Å². The standard InChI is InChI=1S/C29H35N5O3/c1-4-22(30-28(35)20-10-14-23(34-37)15-11-20)13-9-19(3)27-31-25-16-12-21(17-26(25)32-27)29(36)33-24-8-6-5-7-18(24)2/h4,9-19,24,34,37H,5-8H2,1-3H3,(H,30,35)(H,31,32)(H,33,36)/p+1/b13-9-,22-4+. The highest BCUT2D eigenvalue weighted by Crippen LogP contribution is 2.24. The Balaban J connectivity index is 1.40. The first-order valence-electron chi connectivity index (χ1n) is 12.9. The highest BCUT2D eigenvalue weighted by molar-refractivity contribution is 5.97. The fourth-order valence-corrected chi connectivity index (χ4v) is 4.68. The lowest BCUT2D eigenvalue weighted by molar-refractivity contribution is -0.359. The lowest BCUT2D eigenvalue weighted by Gasteiger charge is -2.29. The second kappa shape index (κ2) is 11.9. The van der Waals surface area contributed by atoms with E-state index in [0.29, 0.717) is 28.4 Å². The van der Waals surface area contributed by atoms with Gasteiger partial charge in [0.1, 0.15) is 0 Å². The third-order valence-corrected chi connectivity index (χ3v) is 7.11. The first-order chi connectivity index (χ1) is 17.9. The van der Waals surface area contributed by atoms with E-state index in [0.717, 1.165) is 23.3 Å². The molecule has 0 bridgehead atoms. The van der Waals surface area contributed by atoms with E-state index in [9.17, 15) is 9.59 Å². The average molecular weight is 503 g/mol. The average Bonchev–Trinajstić information content (AvgIpc) is 3.35. The van der Waals surface area contributed by atoms with Crippen LogP contribution in [0.4, 0.5) is 5.69 Å². The van der Waals surface area contributed by atoms with E-state index in [4.69, 9.17) is 5.21 Å². The van der Waals surface area contributed by atoms with Gasteiger partial charge in [-0.3, -0.25) is 20.3 Å². The minimum atomic E-state index is -0.236. The van der Waals surface area contributed by atoms with Crippen LogP contribution in [0, 0.1) is 5.92 Å². The number of benzene rings is 2. The molecule has 1 heterocycles. The molecule has 3 aromatic rings. The van der Waals surface area contributed by atoms with Gasteiger partial charge in [-0.05, 0) is 75.1 Å². The molecule has 0 aliphatic heterocycles. The van der Waals surface area contributed by atoms with Gasteiger partial charge in [0.25, 0.3) is 17.6 Å². The molecule has 2 amide bonds. The van der Waals surface area contributed by atoms with Crippen LogP contribution in [0.2, 0.25) is 0 Å². The normalized spacial score (nSPS) is 19.1. The number of H-pyrrole nitrogens is 2. The number of rotatable bonds is 8. The summed E-state index contributed by atoms with van der Waals surface area (Å²) in [5, 5.41) is 15.0. The summed E-state index contributed by atoms with van der Waals surface area (Å²) in [6.07, 6.45) is 10.3. The van der Waals surface area contributed by atoms with Crippen molar-refractivity contribution >= 4 is 28.5 Å². The number of aromatic amines is 2. The van der Waals surface area contributed by atoms with Gasteiger partial charge < -0.3 is 10.6 Å². The van der Waals surface area contributed by atoms with Gasteiger partial charge >= 0.3 is 0 Å². The Bertz CT molecular complexity index is 1310. The fourth-order valence-electron chi connectivity index (χ4n) is 4.68. The second-order valence-electron chi connectivity index (χ2n) is 9.80. The number of anilines is 1. The van der Waals surface area contributed by atoms with E-state index in [1.54, 1.807) is 24.3 Å². The van der Waals surface area contributed by atoms with Gasteiger partial charge in [0.05, 0.1) is 11.6 Å². The van der Waals surface area contributed by atoms with Crippen molar-refractivity contribution in [3.05, 3.63) is 83.3 Å². The minimum absolute atomic E-state index is 0.00882. The van der Waals surface area contributed by atoms with Crippen LogP contribution >= 0.6 is 0 Å². The Morgan fingerprint density at radius 1 is 1.08 bits per heavy atom. The molecule has 8 nitrogen and oxygen atoms in total. The number of imidazole rings is 1. The molecule has 1 aliphatic rings. The molecule has 2 aromatic carbocycles.